The Balaban J connectivity index is 2.26. The molecule has 0 saturated heterocycles. The average molecular weight is 268 g/mol. The molecule has 0 fully saturated rings. The summed E-state index contributed by atoms with van der Waals surface area (Å²) >= 11 is 0. The number of aryl methyl sites for hydroxylation is 1. The van der Waals surface area contributed by atoms with Crippen LogP contribution in [0.2, 0.25) is 0 Å². The number of aromatic nitrogens is 2. The van der Waals surface area contributed by atoms with Crippen molar-refractivity contribution in [3.63, 3.8) is 0 Å². The minimum absolute atomic E-state index is 0.0395. The van der Waals surface area contributed by atoms with Gasteiger partial charge in [0.25, 0.3) is 0 Å². The van der Waals surface area contributed by atoms with E-state index in [1.807, 2.05) is 24.3 Å². The molecule has 1 heterocycles. The minimum Gasteiger partial charge on any atom is -0.508 e. The molecule has 4 heteroatoms. The lowest BCUT2D eigenvalue weighted by atomic mass is 10.1. The number of rotatable bonds is 3. The van der Waals surface area contributed by atoms with Gasteiger partial charge in [0.15, 0.2) is 0 Å². The number of imidazole rings is 1. The molecule has 4 nitrogen and oxygen atoms in total. The zero-order valence-electron chi connectivity index (χ0n) is 11.2. The van der Waals surface area contributed by atoms with Gasteiger partial charge in [-0.25, -0.2) is 4.98 Å². The van der Waals surface area contributed by atoms with Crippen LogP contribution in [0.4, 0.5) is 0 Å². The van der Waals surface area contributed by atoms with Gasteiger partial charge in [-0.1, -0.05) is 19.1 Å². The van der Waals surface area contributed by atoms with E-state index in [0.29, 0.717) is 5.56 Å². The highest BCUT2D eigenvalue weighted by Gasteiger charge is 2.15. The van der Waals surface area contributed by atoms with Crippen LogP contribution in [0.25, 0.3) is 22.4 Å². The summed E-state index contributed by atoms with van der Waals surface area (Å²) in [6, 6.07) is 12.5. The monoisotopic (exact) mass is 268 g/mol. The number of phenolic OH excluding ortho intramolecular Hbond substituents is 2. The Hall–Kier alpha value is -2.49. The number of aromatic hydroxyl groups is 2. The highest BCUT2D eigenvalue weighted by Crippen LogP contribution is 2.33. The molecule has 0 atom stereocenters. The lowest BCUT2D eigenvalue weighted by Gasteiger charge is -2.09. The zero-order valence-corrected chi connectivity index (χ0v) is 11.2. The van der Waals surface area contributed by atoms with Crippen molar-refractivity contribution in [3.8, 4) is 22.9 Å². The number of hydrogen-bond acceptors (Lipinski definition) is 3. The van der Waals surface area contributed by atoms with Crippen molar-refractivity contribution in [1.29, 1.82) is 0 Å². The lowest BCUT2D eigenvalue weighted by Crippen LogP contribution is -1.99. The van der Waals surface area contributed by atoms with E-state index in [2.05, 4.69) is 16.5 Å². The van der Waals surface area contributed by atoms with Gasteiger partial charge < -0.3 is 14.8 Å². The van der Waals surface area contributed by atoms with E-state index in [1.54, 1.807) is 12.1 Å². The fourth-order valence-electron chi connectivity index (χ4n) is 2.44. The first kappa shape index (κ1) is 12.5. The summed E-state index contributed by atoms with van der Waals surface area (Å²) in [6.07, 6.45) is 0.978. The molecular formula is C16H16N2O2. The van der Waals surface area contributed by atoms with E-state index in [4.69, 9.17) is 0 Å². The average Bonchev–Trinajstić information content (AvgIpc) is 2.78. The molecule has 0 radical (unpaired) electrons. The molecule has 0 saturated carbocycles. The predicted octanol–water partition coefficient (Wildman–Crippen LogP) is 3.52. The second-order valence-electron chi connectivity index (χ2n) is 4.78. The fourth-order valence-corrected chi connectivity index (χ4v) is 2.44. The molecule has 0 spiro atoms. The van der Waals surface area contributed by atoms with Gasteiger partial charge in [-0.3, -0.25) is 0 Å². The summed E-state index contributed by atoms with van der Waals surface area (Å²) in [5.74, 6) is 0.813. The van der Waals surface area contributed by atoms with Crippen molar-refractivity contribution in [1.82, 2.24) is 9.55 Å². The van der Waals surface area contributed by atoms with Crippen LogP contribution >= 0.6 is 0 Å². The number of fused-ring (bicyclic) bond motifs is 1. The molecule has 2 aromatic carbocycles. The van der Waals surface area contributed by atoms with Crippen LogP contribution in [-0.2, 0) is 6.54 Å². The summed E-state index contributed by atoms with van der Waals surface area (Å²) in [5, 5.41) is 19.5. The van der Waals surface area contributed by atoms with Crippen molar-refractivity contribution in [3.05, 3.63) is 42.5 Å². The lowest BCUT2D eigenvalue weighted by molar-refractivity contribution is 0.451. The predicted molar refractivity (Wildman–Crippen MR) is 78.8 cm³/mol. The minimum atomic E-state index is 0.0395. The first-order valence-electron chi connectivity index (χ1n) is 6.68. The number of para-hydroxylation sites is 2. The third kappa shape index (κ3) is 1.99. The third-order valence-electron chi connectivity index (χ3n) is 3.32. The molecule has 0 aliphatic carbocycles. The van der Waals surface area contributed by atoms with E-state index < -0.39 is 0 Å². The van der Waals surface area contributed by atoms with E-state index >= 15 is 0 Å². The van der Waals surface area contributed by atoms with Crippen LogP contribution in [0, 0.1) is 0 Å². The van der Waals surface area contributed by atoms with Crippen molar-refractivity contribution >= 4 is 11.0 Å². The van der Waals surface area contributed by atoms with Gasteiger partial charge in [0.05, 0.1) is 16.6 Å². The Kier molecular flexibility index (Phi) is 3.06. The highest BCUT2D eigenvalue weighted by atomic mass is 16.3. The van der Waals surface area contributed by atoms with Gasteiger partial charge in [0, 0.05) is 12.6 Å². The topological polar surface area (TPSA) is 58.3 Å². The maximum absolute atomic E-state index is 10.0. The van der Waals surface area contributed by atoms with Crippen LogP contribution < -0.4 is 0 Å². The van der Waals surface area contributed by atoms with Crippen molar-refractivity contribution < 1.29 is 10.2 Å². The molecule has 2 N–H and O–H groups in total. The second kappa shape index (κ2) is 4.89. The molecule has 0 aliphatic heterocycles. The number of hydrogen-bond donors (Lipinski definition) is 2. The Morgan fingerprint density at radius 2 is 1.90 bits per heavy atom. The van der Waals surface area contributed by atoms with Crippen molar-refractivity contribution in [2.75, 3.05) is 0 Å². The van der Waals surface area contributed by atoms with Gasteiger partial charge in [-0.2, -0.15) is 0 Å². The Morgan fingerprint density at radius 3 is 2.65 bits per heavy atom. The summed E-state index contributed by atoms with van der Waals surface area (Å²) in [7, 11) is 0. The zero-order chi connectivity index (χ0) is 14.1. The quantitative estimate of drug-likeness (QED) is 0.764. The highest BCUT2D eigenvalue weighted by molar-refractivity contribution is 5.82. The number of phenols is 2. The summed E-state index contributed by atoms with van der Waals surface area (Å²) in [5.41, 5.74) is 2.59. The Labute approximate surface area is 116 Å². The van der Waals surface area contributed by atoms with Crippen LogP contribution in [0.3, 0.4) is 0 Å². The maximum Gasteiger partial charge on any atom is 0.144 e. The second-order valence-corrected chi connectivity index (χ2v) is 4.78. The fraction of sp³-hybridized carbons (Fsp3) is 0.188. The molecule has 0 bridgehead atoms. The van der Waals surface area contributed by atoms with Crippen molar-refractivity contribution in [2.24, 2.45) is 0 Å². The van der Waals surface area contributed by atoms with Gasteiger partial charge in [-0.05, 0) is 30.7 Å². The summed E-state index contributed by atoms with van der Waals surface area (Å²) in [4.78, 5) is 4.61. The van der Waals surface area contributed by atoms with Crippen LogP contribution in [0.15, 0.2) is 42.5 Å². The molecule has 1 aromatic heterocycles. The molecule has 102 valence electrons. The van der Waals surface area contributed by atoms with E-state index in [1.165, 1.54) is 6.07 Å². The van der Waals surface area contributed by atoms with E-state index in [9.17, 15) is 10.2 Å². The van der Waals surface area contributed by atoms with Gasteiger partial charge >= 0.3 is 0 Å². The first-order chi connectivity index (χ1) is 9.70. The normalized spacial score (nSPS) is 11.1. The molecule has 3 aromatic rings. The third-order valence-corrected chi connectivity index (χ3v) is 3.32. The molecule has 0 amide bonds. The van der Waals surface area contributed by atoms with Crippen LogP contribution in [-0.4, -0.2) is 19.8 Å². The maximum atomic E-state index is 10.0. The van der Waals surface area contributed by atoms with Crippen LogP contribution in [0.5, 0.6) is 11.5 Å². The van der Waals surface area contributed by atoms with E-state index in [0.717, 1.165) is 29.8 Å². The smallest absolute Gasteiger partial charge is 0.144 e. The molecule has 20 heavy (non-hydrogen) atoms. The molecular weight excluding hydrogens is 252 g/mol. The van der Waals surface area contributed by atoms with Crippen LogP contribution in [0.1, 0.15) is 13.3 Å². The molecule has 0 unspecified atom stereocenters. The summed E-state index contributed by atoms with van der Waals surface area (Å²) < 4.78 is 2.10. The Bertz CT molecular complexity index is 762. The summed E-state index contributed by atoms with van der Waals surface area (Å²) in [6.45, 7) is 2.94. The molecule has 0 aliphatic rings. The first-order valence-corrected chi connectivity index (χ1v) is 6.68. The van der Waals surface area contributed by atoms with Gasteiger partial charge in [0.2, 0.25) is 0 Å². The largest absolute Gasteiger partial charge is 0.508 e. The number of benzene rings is 2. The van der Waals surface area contributed by atoms with E-state index in [-0.39, 0.29) is 11.5 Å². The van der Waals surface area contributed by atoms with Gasteiger partial charge in [0.1, 0.15) is 17.3 Å². The van der Waals surface area contributed by atoms with Gasteiger partial charge in [-0.15, -0.1) is 0 Å². The SMILES string of the molecule is CCCn1c(-c2ccc(O)cc2O)nc2ccccc21. The standard InChI is InChI=1S/C16H16N2O2/c1-2-9-18-14-6-4-3-5-13(14)17-16(18)12-8-7-11(19)10-15(12)20/h3-8,10,19-20H,2,9H2,1H3. The molecule has 3 rings (SSSR count). The Morgan fingerprint density at radius 1 is 1.10 bits per heavy atom. The van der Waals surface area contributed by atoms with Crippen molar-refractivity contribution in [2.45, 2.75) is 19.9 Å². The number of nitrogens with zero attached hydrogens (tertiary/aromatic N) is 2.